The third-order valence-corrected chi connectivity index (χ3v) is 5.58. The minimum atomic E-state index is -0.490. The summed E-state index contributed by atoms with van der Waals surface area (Å²) in [6.07, 6.45) is 1.96. The number of carbonyl (C=O) groups excluding carboxylic acids is 1. The smallest absolute Gasteiger partial charge is 0.249 e. The third-order valence-electron chi connectivity index (χ3n) is 5.58. The molecule has 0 bridgehead atoms. The van der Waals surface area contributed by atoms with Crippen LogP contribution in [0.25, 0.3) is 22.3 Å². The molecule has 1 aliphatic heterocycles. The van der Waals surface area contributed by atoms with Crippen molar-refractivity contribution in [3.8, 4) is 28.3 Å². The number of aryl methyl sites for hydroxylation is 1. The molecule has 2 N–H and O–H groups in total. The van der Waals surface area contributed by atoms with E-state index in [1.54, 1.807) is 24.4 Å². The Kier molecular flexibility index (Phi) is 5.70. The van der Waals surface area contributed by atoms with Crippen LogP contribution >= 0.6 is 0 Å². The van der Waals surface area contributed by atoms with Crippen LogP contribution in [-0.4, -0.2) is 36.7 Å². The van der Waals surface area contributed by atoms with Gasteiger partial charge in [-0.05, 0) is 60.9 Å². The zero-order chi connectivity index (χ0) is 22.0. The number of benzene rings is 2. The number of morpholine rings is 1. The van der Waals surface area contributed by atoms with Gasteiger partial charge in [0.2, 0.25) is 5.91 Å². The predicted molar refractivity (Wildman–Crippen MR) is 121 cm³/mol. The van der Waals surface area contributed by atoms with Gasteiger partial charge in [0, 0.05) is 36.0 Å². The zero-order valence-electron chi connectivity index (χ0n) is 17.6. The second-order valence-corrected chi connectivity index (χ2v) is 7.77. The molecule has 31 heavy (non-hydrogen) atoms. The zero-order valence-corrected chi connectivity index (χ0v) is 17.6. The number of rotatable bonds is 4. The number of aromatic nitrogens is 1. The van der Waals surface area contributed by atoms with Gasteiger partial charge < -0.3 is 15.4 Å². The summed E-state index contributed by atoms with van der Waals surface area (Å²) in [5.74, 6) is 0.392. The number of amides is 1. The minimum Gasteiger partial charge on any atom is -0.375 e. The third kappa shape index (κ3) is 4.14. The second-order valence-electron chi connectivity index (χ2n) is 7.77. The Bertz CT molecular complexity index is 1150. The molecule has 4 rings (SSSR count). The fourth-order valence-corrected chi connectivity index (χ4v) is 4.04. The number of nitrogens with zero attached hydrogens (tertiary/aromatic N) is 3. The van der Waals surface area contributed by atoms with E-state index in [0.29, 0.717) is 17.7 Å². The monoisotopic (exact) mass is 412 g/mol. The van der Waals surface area contributed by atoms with E-state index in [1.807, 2.05) is 37.3 Å². The number of nitrogens with two attached hydrogens (primary N) is 1. The summed E-state index contributed by atoms with van der Waals surface area (Å²) in [6.45, 7) is 6.32. The molecular weight excluding hydrogens is 388 g/mol. The maximum atomic E-state index is 12.3. The van der Waals surface area contributed by atoms with Crippen LogP contribution in [0.2, 0.25) is 0 Å². The van der Waals surface area contributed by atoms with Gasteiger partial charge in [-0.1, -0.05) is 18.2 Å². The number of primary amides is 1. The Balaban J connectivity index is 1.82. The molecule has 1 atom stereocenters. The highest BCUT2D eigenvalue weighted by Gasteiger charge is 2.21. The van der Waals surface area contributed by atoms with E-state index in [1.165, 1.54) is 0 Å². The maximum absolute atomic E-state index is 12.3. The molecule has 0 aliphatic carbocycles. The lowest BCUT2D eigenvalue weighted by molar-refractivity contribution is 0.0529. The van der Waals surface area contributed by atoms with Crippen LogP contribution in [0.3, 0.4) is 0 Å². The number of ether oxygens (including phenoxy) is 1. The molecular formula is C25H24N4O2. The maximum Gasteiger partial charge on any atom is 0.249 e. The Morgan fingerprint density at radius 3 is 2.48 bits per heavy atom. The molecule has 1 amide bonds. The molecule has 1 unspecified atom stereocenters. The normalized spacial score (nSPS) is 16.0. The van der Waals surface area contributed by atoms with Gasteiger partial charge in [-0.25, -0.2) is 4.98 Å². The molecule has 6 nitrogen and oxygen atoms in total. The molecule has 1 saturated heterocycles. The molecule has 0 radical (unpaired) electrons. The molecule has 0 saturated carbocycles. The van der Waals surface area contributed by atoms with Crippen LogP contribution in [0, 0.1) is 18.3 Å². The quantitative estimate of drug-likeness (QED) is 0.701. The number of hydrogen-bond donors (Lipinski definition) is 1. The van der Waals surface area contributed by atoms with E-state index < -0.39 is 5.91 Å². The van der Waals surface area contributed by atoms with E-state index in [9.17, 15) is 4.79 Å². The molecule has 3 aromatic rings. The Morgan fingerprint density at radius 1 is 1.13 bits per heavy atom. The summed E-state index contributed by atoms with van der Waals surface area (Å²) in [7, 11) is 0. The molecule has 2 aromatic carbocycles. The van der Waals surface area contributed by atoms with Gasteiger partial charge >= 0.3 is 0 Å². The summed E-state index contributed by atoms with van der Waals surface area (Å²) in [5.41, 5.74) is 11.2. The Morgan fingerprint density at radius 2 is 1.87 bits per heavy atom. The summed E-state index contributed by atoms with van der Waals surface area (Å²) in [4.78, 5) is 19.2. The molecule has 1 aromatic heterocycles. The first-order valence-electron chi connectivity index (χ1n) is 10.2. The van der Waals surface area contributed by atoms with Gasteiger partial charge in [0.05, 0.1) is 24.3 Å². The highest BCUT2D eigenvalue weighted by Crippen LogP contribution is 2.38. The first kappa shape index (κ1) is 20.6. The first-order valence-corrected chi connectivity index (χ1v) is 10.2. The number of anilines is 1. The predicted octanol–water partition coefficient (Wildman–Crippen LogP) is 3.92. The fourth-order valence-electron chi connectivity index (χ4n) is 4.04. The van der Waals surface area contributed by atoms with Crippen LogP contribution in [0.5, 0.6) is 0 Å². The van der Waals surface area contributed by atoms with Crippen molar-refractivity contribution < 1.29 is 9.53 Å². The highest BCUT2D eigenvalue weighted by atomic mass is 16.5. The van der Waals surface area contributed by atoms with Crippen molar-refractivity contribution in [2.45, 2.75) is 20.0 Å². The van der Waals surface area contributed by atoms with E-state index in [2.05, 4.69) is 22.9 Å². The lowest BCUT2D eigenvalue weighted by Gasteiger charge is -2.32. The Labute approximate surface area is 181 Å². The summed E-state index contributed by atoms with van der Waals surface area (Å²) >= 11 is 0. The minimum absolute atomic E-state index is 0.163. The lowest BCUT2D eigenvalue weighted by atomic mass is 9.87. The molecule has 156 valence electrons. The van der Waals surface area contributed by atoms with Gasteiger partial charge in [0.25, 0.3) is 0 Å². The molecule has 1 fully saturated rings. The average Bonchev–Trinajstić information content (AvgIpc) is 2.79. The van der Waals surface area contributed by atoms with Crippen LogP contribution in [0.15, 0.2) is 54.7 Å². The standard InChI is InChI=1S/C25H24N4O2/c1-16-3-9-21(25(27)30)24(23(16)19-6-4-18(13-26)5-7-19)20-8-10-22(28-14-20)29-11-12-31-17(2)15-29/h3-10,14,17H,11-12,15H2,1-2H3,(H2,27,30). The molecule has 2 heterocycles. The lowest BCUT2D eigenvalue weighted by Crippen LogP contribution is -2.41. The number of carbonyl (C=O) groups is 1. The van der Waals surface area contributed by atoms with Gasteiger partial charge in [-0.15, -0.1) is 0 Å². The van der Waals surface area contributed by atoms with Gasteiger partial charge in [0.15, 0.2) is 0 Å². The molecule has 0 spiro atoms. The van der Waals surface area contributed by atoms with Crippen molar-refractivity contribution in [3.63, 3.8) is 0 Å². The summed E-state index contributed by atoms with van der Waals surface area (Å²) in [5, 5.41) is 9.12. The van der Waals surface area contributed by atoms with Gasteiger partial charge in [-0.2, -0.15) is 5.26 Å². The highest BCUT2D eigenvalue weighted by molar-refractivity contribution is 6.04. The van der Waals surface area contributed by atoms with Gasteiger partial charge in [-0.3, -0.25) is 4.79 Å². The van der Waals surface area contributed by atoms with Crippen molar-refractivity contribution in [2.75, 3.05) is 24.6 Å². The van der Waals surface area contributed by atoms with E-state index in [4.69, 9.17) is 15.7 Å². The van der Waals surface area contributed by atoms with Crippen LogP contribution < -0.4 is 10.6 Å². The Hall–Kier alpha value is -3.69. The summed E-state index contributed by atoms with van der Waals surface area (Å²) < 4.78 is 5.62. The van der Waals surface area contributed by atoms with Crippen molar-refractivity contribution in [3.05, 3.63) is 71.4 Å². The van der Waals surface area contributed by atoms with Crippen molar-refractivity contribution in [1.82, 2.24) is 4.98 Å². The number of pyridine rings is 1. The SMILES string of the molecule is Cc1ccc(C(N)=O)c(-c2ccc(N3CCOC(C)C3)nc2)c1-c1ccc(C#N)cc1. The van der Waals surface area contributed by atoms with E-state index in [0.717, 1.165) is 46.7 Å². The first-order chi connectivity index (χ1) is 15.0. The fraction of sp³-hybridized carbons (Fsp3) is 0.240. The van der Waals surface area contributed by atoms with Crippen molar-refractivity contribution in [2.24, 2.45) is 5.73 Å². The van der Waals surface area contributed by atoms with Crippen molar-refractivity contribution in [1.29, 1.82) is 5.26 Å². The molecule has 1 aliphatic rings. The van der Waals surface area contributed by atoms with E-state index in [-0.39, 0.29) is 6.10 Å². The topological polar surface area (TPSA) is 92.2 Å². The van der Waals surface area contributed by atoms with Crippen LogP contribution in [-0.2, 0) is 4.74 Å². The average molecular weight is 412 g/mol. The van der Waals surface area contributed by atoms with Crippen LogP contribution in [0.4, 0.5) is 5.82 Å². The largest absolute Gasteiger partial charge is 0.375 e. The van der Waals surface area contributed by atoms with Gasteiger partial charge in [0.1, 0.15) is 5.82 Å². The molecule has 6 heteroatoms. The number of hydrogen-bond acceptors (Lipinski definition) is 5. The summed E-state index contributed by atoms with van der Waals surface area (Å²) in [6, 6.07) is 17.1. The number of nitriles is 1. The second kappa shape index (κ2) is 8.58. The van der Waals surface area contributed by atoms with Crippen molar-refractivity contribution >= 4 is 11.7 Å². The van der Waals surface area contributed by atoms with E-state index >= 15 is 0 Å². The van der Waals surface area contributed by atoms with Crippen LogP contribution in [0.1, 0.15) is 28.4 Å².